The number of rotatable bonds is 6. The number of benzene rings is 2. The molecule has 4 rings (SSSR count). The van der Waals surface area contributed by atoms with Crippen LogP contribution >= 0.6 is 22.7 Å². The van der Waals surface area contributed by atoms with Gasteiger partial charge in [0.1, 0.15) is 10.0 Å². The second-order valence-electron chi connectivity index (χ2n) is 5.87. The number of hydrogen-bond acceptors (Lipinski definition) is 6. The van der Waals surface area contributed by atoms with Gasteiger partial charge in [-0.15, -0.1) is 21.5 Å². The highest BCUT2D eigenvalue weighted by Crippen LogP contribution is 2.30. The van der Waals surface area contributed by atoms with Gasteiger partial charge in [-0.05, 0) is 25.0 Å². The summed E-state index contributed by atoms with van der Waals surface area (Å²) in [4.78, 5) is 4.88. The number of nitrogens with zero attached hydrogens (tertiary/aromatic N) is 3. The second-order valence-corrected chi connectivity index (χ2v) is 7.94. The van der Waals surface area contributed by atoms with Gasteiger partial charge in [0.05, 0.1) is 11.7 Å². The first kappa shape index (κ1) is 16.9. The molecular formula is C20H17N4S2. The maximum Gasteiger partial charge on any atom is 0.206 e. The first-order valence-corrected chi connectivity index (χ1v) is 10.00. The molecule has 0 fully saturated rings. The van der Waals surface area contributed by atoms with Crippen LogP contribution in [-0.2, 0) is 6.42 Å². The minimum Gasteiger partial charge on any atom is -0.350 e. The second kappa shape index (κ2) is 7.76. The Bertz CT molecular complexity index is 964. The quantitative estimate of drug-likeness (QED) is 0.504. The van der Waals surface area contributed by atoms with Crippen molar-refractivity contribution in [1.82, 2.24) is 15.2 Å². The molecule has 0 aliphatic rings. The molecular weight excluding hydrogens is 360 g/mol. The fourth-order valence-electron chi connectivity index (χ4n) is 2.69. The maximum absolute atomic E-state index is 4.88. The van der Waals surface area contributed by atoms with Crippen LogP contribution < -0.4 is 5.32 Å². The molecule has 0 bridgehead atoms. The van der Waals surface area contributed by atoms with Crippen LogP contribution in [0.2, 0.25) is 0 Å². The zero-order chi connectivity index (χ0) is 17.8. The van der Waals surface area contributed by atoms with Gasteiger partial charge >= 0.3 is 0 Å². The van der Waals surface area contributed by atoms with Crippen molar-refractivity contribution in [2.75, 3.05) is 5.32 Å². The summed E-state index contributed by atoms with van der Waals surface area (Å²) in [7, 11) is 0. The van der Waals surface area contributed by atoms with E-state index in [1.54, 1.807) is 22.7 Å². The SMILES string of the molecule is Cc1nnc(NC(Cc2cc[c]cc2)c2nc(-c3ccccc3)cs2)s1. The van der Waals surface area contributed by atoms with Crippen LogP contribution in [0, 0.1) is 13.0 Å². The van der Waals surface area contributed by atoms with Crippen molar-refractivity contribution < 1.29 is 0 Å². The Morgan fingerprint density at radius 1 is 1.08 bits per heavy atom. The molecule has 1 unspecified atom stereocenters. The van der Waals surface area contributed by atoms with Crippen molar-refractivity contribution in [2.45, 2.75) is 19.4 Å². The molecule has 129 valence electrons. The molecule has 6 heteroatoms. The number of thiazole rings is 1. The summed E-state index contributed by atoms with van der Waals surface area (Å²) in [6, 6.07) is 21.4. The van der Waals surface area contributed by atoms with Crippen molar-refractivity contribution in [2.24, 2.45) is 0 Å². The molecule has 0 saturated heterocycles. The molecule has 0 saturated carbocycles. The van der Waals surface area contributed by atoms with Gasteiger partial charge in [0, 0.05) is 10.9 Å². The van der Waals surface area contributed by atoms with Crippen LogP contribution in [0.15, 0.2) is 60.0 Å². The molecule has 1 atom stereocenters. The van der Waals surface area contributed by atoms with E-state index in [1.807, 2.05) is 37.3 Å². The minimum atomic E-state index is 0.0483. The highest BCUT2D eigenvalue weighted by Gasteiger charge is 2.18. The Labute approximate surface area is 160 Å². The summed E-state index contributed by atoms with van der Waals surface area (Å²) < 4.78 is 0. The number of aromatic nitrogens is 3. The van der Waals surface area contributed by atoms with Crippen LogP contribution in [-0.4, -0.2) is 15.2 Å². The number of nitrogens with one attached hydrogen (secondary N) is 1. The van der Waals surface area contributed by atoms with Gasteiger partial charge in [0.2, 0.25) is 5.13 Å². The number of aryl methyl sites for hydroxylation is 1. The Balaban J connectivity index is 1.62. The normalized spacial score (nSPS) is 12.0. The van der Waals surface area contributed by atoms with E-state index < -0.39 is 0 Å². The fraction of sp³-hybridized carbons (Fsp3) is 0.150. The number of anilines is 1. The topological polar surface area (TPSA) is 50.7 Å². The average molecular weight is 378 g/mol. The Hall–Kier alpha value is -2.57. The summed E-state index contributed by atoms with van der Waals surface area (Å²) in [6.45, 7) is 1.96. The molecule has 4 nitrogen and oxygen atoms in total. The molecule has 0 amide bonds. The highest BCUT2D eigenvalue weighted by atomic mass is 32.1. The van der Waals surface area contributed by atoms with Gasteiger partial charge < -0.3 is 5.32 Å². The molecule has 0 spiro atoms. The highest BCUT2D eigenvalue weighted by molar-refractivity contribution is 7.15. The fourth-order valence-corrected chi connectivity index (χ4v) is 4.21. The van der Waals surface area contributed by atoms with E-state index in [-0.39, 0.29) is 6.04 Å². The van der Waals surface area contributed by atoms with Gasteiger partial charge in [-0.3, -0.25) is 0 Å². The van der Waals surface area contributed by atoms with E-state index in [4.69, 9.17) is 4.98 Å². The molecule has 1 N–H and O–H groups in total. The Kier molecular flexibility index (Phi) is 5.04. The third-order valence-corrected chi connectivity index (χ3v) is 5.67. The number of hydrogen-bond donors (Lipinski definition) is 1. The third kappa shape index (κ3) is 3.98. The van der Waals surface area contributed by atoms with E-state index >= 15 is 0 Å². The van der Waals surface area contributed by atoms with Gasteiger partial charge in [-0.1, -0.05) is 65.9 Å². The van der Waals surface area contributed by atoms with Gasteiger partial charge in [-0.25, -0.2) is 4.98 Å². The summed E-state index contributed by atoms with van der Waals surface area (Å²) in [5, 5.41) is 16.8. The molecule has 26 heavy (non-hydrogen) atoms. The zero-order valence-corrected chi connectivity index (χ0v) is 15.8. The van der Waals surface area contributed by atoms with E-state index in [9.17, 15) is 0 Å². The molecule has 1 radical (unpaired) electrons. The van der Waals surface area contributed by atoms with Gasteiger partial charge in [-0.2, -0.15) is 0 Å². The van der Waals surface area contributed by atoms with Gasteiger partial charge in [0.25, 0.3) is 0 Å². The molecule has 4 aromatic rings. The minimum absolute atomic E-state index is 0.0483. The van der Waals surface area contributed by atoms with Crippen molar-refractivity contribution >= 4 is 27.8 Å². The molecule has 2 heterocycles. The van der Waals surface area contributed by atoms with Crippen LogP contribution in [0.1, 0.15) is 21.6 Å². The lowest BCUT2D eigenvalue weighted by Crippen LogP contribution is -2.13. The first-order chi connectivity index (χ1) is 12.8. The largest absolute Gasteiger partial charge is 0.350 e. The third-order valence-electron chi connectivity index (χ3n) is 3.94. The predicted molar refractivity (Wildman–Crippen MR) is 108 cm³/mol. The Morgan fingerprint density at radius 3 is 2.62 bits per heavy atom. The maximum atomic E-state index is 4.88. The summed E-state index contributed by atoms with van der Waals surface area (Å²) in [5.74, 6) is 0. The van der Waals surface area contributed by atoms with E-state index in [0.717, 1.165) is 32.8 Å². The van der Waals surface area contributed by atoms with Crippen LogP contribution in [0.5, 0.6) is 0 Å². The summed E-state index contributed by atoms with van der Waals surface area (Å²) >= 11 is 3.23. The van der Waals surface area contributed by atoms with E-state index in [0.29, 0.717) is 0 Å². The summed E-state index contributed by atoms with van der Waals surface area (Å²) in [6.07, 6.45) is 0.828. The van der Waals surface area contributed by atoms with Crippen molar-refractivity contribution in [3.63, 3.8) is 0 Å². The molecule has 2 aromatic carbocycles. The average Bonchev–Trinajstić information content (AvgIpc) is 3.32. The van der Waals surface area contributed by atoms with Crippen molar-refractivity contribution in [3.8, 4) is 11.3 Å². The van der Waals surface area contributed by atoms with Gasteiger partial charge in [0.15, 0.2) is 0 Å². The zero-order valence-electron chi connectivity index (χ0n) is 14.2. The molecule has 0 aliphatic heterocycles. The van der Waals surface area contributed by atoms with Crippen molar-refractivity contribution in [3.05, 3.63) is 81.6 Å². The lowest BCUT2D eigenvalue weighted by atomic mass is 10.1. The van der Waals surface area contributed by atoms with Crippen LogP contribution in [0.4, 0.5) is 5.13 Å². The lowest BCUT2D eigenvalue weighted by molar-refractivity contribution is 0.763. The smallest absolute Gasteiger partial charge is 0.206 e. The standard InChI is InChI=1S/C20H17N4S2/c1-14-23-24-20(26-14)22-17(12-15-8-4-2-5-9-15)19-21-18(13-25-19)16-10-6-3-7-11-16/h3-11,13,17H,12H2,1H3,(H,22,24). The molecule has 0 aliphatic carbocycles. The monoisotopic (exact) mass is 377 g/mol. The van der Waals surface area contributed by atoms with E-state index in [2.05, 4.69) is 51.2 Å². The first-order valence-electron chi connectivity index (χ1n) is 8.30. The lowest BCUT2D eigenvalue weighted by Gasteiger charge is -2.15. The van der Waals surface area contributed by atoms with Crippen LogP contribution in [0.3, 0.4) is 0 Å². The molecule has 2 aromatic heterocycles. The summed E-state index contributed by atoms with van der Waals surface area (Å²) in [5.41, 5.74) is 3.38. The van der Waals surface area contributed by atoms with Crippen molar-refractivity contribution in [1.29, 1.82) is 0 Å². The predicted octanol–water partition coefficient (Wildman–Crippen LogP) is 5.17. The van der Waals surface area contributed by atoms with Crippen LogP contribution in [0.25, 0.3) is 11.3 Å². The van der Waals surface area contributed by atoms with E-state index in [1.165, 1.54) is 5.56 Å². The Morgan fingerprint density at radius 2 is 1.88 bits per heavy atom.